The van der Waals surface area contributed by atoms with Crippen molar-refractivity contribution in [2.75, 3.05) is 13.2 Å². The summed E-state index contributed by atoms with van der Waals surface area (Å²) in [7, 11) is 0. The molecule has 0 radical (unpaired) electrons. The topological polar surface area (TPSA) is 34.1 Å². The van der Waals surface area contributed by atoms with Crippen molar-refractivity contribution in [2.45, 2.75) is 40.2 Å². The third-order valence-electron chi connectivity index (χ3n) is 2.56. The van der Waals surface area contributed by atoms with Crippen LogP contribution in [0, 0.1) is 5.92 Å². The SMILES string of the molecule is CCNC(CC)c1ccc(OCC(C)C)cn1. The highest BCUT2D eigenvalue weighted by Gasteiger charge is 2.08. The number of aromatic nitrogens is 1. The van der Waals surface area contributed by atoms with Crippen molar-refractivity contribution >= 4 is 0 Å². The lowest BCUT2D eigenvalue weighted by atomic mass is 10.1. The Morgan fingerprint density at radius 1 is 1.29 bits per heavy atom. The summed E-state index contributed by atoms with van der Waals surface area (Å²) in [6.45, 7) is 10.3. The van der Waals surface area contributed by atoms with Gasteiger partial charge in [-0.15, -0.1) is 0 Å². The maximum Gasteiger partial charge on any atom is 0.137 e. The highest BCUT2D eigenvalue weighted by molar-refractivity contribution is 5.21. The summed E-state index contributed by atoms with van der Waals surface area (Å²) in [6.07, 6.45) is 2.87. The standard InChI is InChI=1S/C14H24N2O/c1-5-13(15-6-2)14-8-7-12(9-16-14)17-10-11(3)4/h7-9,11,13,15H,5-6,10H2,1-4H3. The zero-order valence-electron chi connectivity index (χ0n) is 11.4. The molecule has 0 saturated carbocycles. The van der Waals surface area contributed by atoms with E-state index in [0.717, 1.165) is 31.0 Å². The average molecular weight is 236 g/mol. The van der Waals surface area contributed by atoms with Gasteiger partial charge in [-0.3, -0.25) is 4.98 Å². The quantitative estimate of drug-likeness (QED) is 0.789. The van der Waals surface area contributed by atoms with Crippen LogP contribution in [0.2, 0.25) is 0 Å². The fourth-order valence-corrected chi connectivity index (χ4v) is 1.65. The molecular formula is C14H24N2O. The minimum Gasteiger partial charge on any atom is -0.492 e. The van der Waals surface area contributed by atoms with Crippen LogP contribution in [-0.2, 0) is 0 Å². The van der Waals surface area contributed by atoms with Crippen molar-refractivity contribution in [1.29, 1.82) is 0 Å². The van der Waals surface area contributed by atoms with E-state index in [2.05, 4.69) is 38.0 Å². The molecule has 0 spiro atoms. The smallest absolute Gasteiger partial charge is 0.137 e. The van der Waals surface area contributed by atoms with Gasteiger partial charge in [0.25, 0.3) is 0 Å². The molecule has 1 aromatic heterocycles. The number of pyridine rings is 1. The summed E-state index contributed by atoms with van der Waals surface area (Å²) >= 11 is 0. The first-order valence-corrected chi connectivity index (χ1v) is 6.49. The number of ether oxygens (including phenoxy) is 1. The van der Waals surface area contributed by atoms with Gasteiger partial charge < -0.3 is 10.1 Å². The summed E-state index contributed by atoms with van der Waals surface area (Å²) in [4.78, 5) is 4.46. The van der Waals surface area contributed by atoms with Crippen molar-refractivity contribution in [3.8, 4) is 5.75 Å². The van der Waals surface area contributed by atoms with Crippen LogP contribution in [0.15, 0.2) is 18.3 Å². The summed E-state index contributed by atoms with van der Waals surface area (Å²) in [5, 5.41) is 3.41. The number of nitrogens with one attached hydrogen (secondary N) is 1. The first-order chi connectivity index (χ1) is 8.17. The second kappa shape index (κ2) is 7.28. The molecule has 1 N–H and O–H groups in total. The molecule has 1 unspecified atom stereocenters. The van der Waals surface area contributed by atoms with E-state index in [1.54, 1.807) is 0 Å². The number of rotatable bonds is 7. The van der Waals surface area contributed by atoms with E-state index in [-0.39, 0.29) is 0 Å². The van der Waals surface area contributed by atoms with Crippen LogP contribution in [0.5, 0.6) is 5.75 Å². The minimum absolute atomic E-state index is 0.346. The van der Waals surface area contributed by atoms with Gasteiger partial charge in [0.05, 0.1) is 18.5 Å². The van der Waals surface area contributed by atoms with Crippen LogP contribution < -0.4 is 10.1 Å². The Kier molecular flexibility index (Phi) is 5.98. The molecule has 0 aliphatic rings. The molecule has 0 fully saturated rings. The lowest BCUT2D eigenvalue weighted by Gasteiger charge is -2.15. The number of hydrogen-bond acceptors (Lipinski definition) is 3. The Bertz CT molecular complexity index is 309. The number of nitrogens with zero attached hydrogens (tertiary/aromatic N) is 1. The average Bonchev–Trinajstić information content (AvgIpc) is 2.34. The van der Waals surface area contributed by atoms with E-state index in [1.807, 2.05) is 18.3 Å². The molecule has 3 nitrogen and oxygen atoms in total. The van der Waals surface area contributed by atoms with Crippen molar-refractivity contribution < 1.29 is 4.74 Å². The van der Waals surface area contributed by atoms with Gasteiger partial charge in [0, 0.05) is 6.04 Å². The van der Waals surface area contributed by atoms with Crippen LogP contribution >= 0.6 is 0 Å². The van der Waals surface area contributed by atoms with Gasteiger partial charge >= 0.3 is 0 Å². The van der Waals surface area contributed by atoms with Gasteiger partial charge in [0.15, 0.2) is 0 Å². The summed E-state index contributed by atoms with van der Waals surface area (Å²) in [6, 6.07) is 4.40. The minimum atomic E-state index is 0.346. The van der Waals surface area contributed by atoms with Crippen molar-refractivity contribution in [2.24, 2.45) is 5.92 Å². The molecular weight excluding hydrogens is 212 g/mol. The maximum atomic E-state index is 5.61. The van der Waals surface area contributed by atoms with E-state index in [1.165, 1.54) is 0 Å². The highest BCUT2D eigenvalue weighted by Crippen LogP contribution is 2.17. The number of hydrogen-bond donors (Lipinski definition) is 1. The molecule has 1 rings (SSSR count). The van der Waals surface area contributed by atoms with E-state index in [0.29, 0.717) is 12.0 Å². The Morgan fingerprint density at radius 3 is 2.53 bits per heavy atom. The molecule has 17 heavy (non-hydrogen) atoms. The normalized spacial score (nSPS) is 12.8. The van der Waals surface area contributed by atoms with Gasteiger partial charge in [-0.1, -0.05) is 27.7 Å². The predicted octanol–water partition coefficient (Wildman–Crippen LogP) is 3.18. The van der Waals surface area contributed by atoms with Gasteiger partial charge in [-0.25, -0.2) is 0 Å². The van der Waals surface area contributed by atoms with Gasteiger partial charge in [0.1, 0.15) is 5.75 Å². The predicted molar refractivity (Wildman–Crippen MR) is 71.3 cm³/mol. The first-order valence-electron chi connectivity index (χ1n) is 6.49. The van der Waals surface area contributed by atoms with Crippen LogP contribution in [0.3, 0.4) is 0 Å². The molecule has 0 aliphatic heterocycles. The molecule has 1 atom stereocenters. The van der Waals surface area contributed by atoms with Crippen LogP contribution in [0.4, 0.5) is 0 Å². The van der Waals surface area contributed by atoms with E-state index in [9.17, 15) is 0 Å². The summed E-state index contributed by atoms with van der Waals surface area (Å²) in [5.74, 6) is 1.40. The van der Waals surface area contributed by atoms with E-state index >= 15 is 0 Å². The molecule has 1 aromatic rings. The first kappa shape index (κ1) is 14.0. The molecule has 1 heterocycles. The fraction of sp³-hybridized carbons (Fsp3) is 0.643. The summed E-state index contributed by atoms with van der Waals surface area (Å²) < 4.78 is 5.61. The van der Waals surface area contributed by atoms with E-state index in [4.69, 9.17) is 4.74 Å². The van der Waals surface area contributed by atoms with Gasteiger partial charge in [0.2, 0.25) is 0 Å². The Morgan fingerprint density at radius 2 is 2.06 bits per heavy atom. The molecule has 0 amide bonds. The highest BCUT2D eigenvalue weighted by atomic mass is 16.5. The van der Waals surface area contributed by atoms with Crippen LogP contribution in [-0.4, -0.2) is 18.1 Å². The largest absolute Gasteiger partial charge is 0.492 e. The van der Waals surface area contributed by atoms with Crippen LogP contribution in [0.1, 0.15) is 45.9 Å². The zero-order chi connectivity index (χ0) is 12.7. The lowest BCUT2D eigenvalue weighted by Crippen LogP contribution is -2.21. The van der Waals surface area contributed by atoms with Crippen molar-refractivity contribution in [1.82, 2.24) is 10.3 Å². The Balaban J connectivity index is 2.59. The zero-order valence-corrected chi connectivity index (χ0v) is 11.4. The third kappa shape index (κ3) is 4.73. The molecule has 0 aliphatic carbocycles. The van der Waals surface area contributed by atoms with Crippen molar-refractivity contribution in [3.05, 3.63) is 24.0 Å². The third-order valence-corrected chi connectivity index (χ3v) is 2.56. The van der Waals surface area contributed by atoms with Crippen LogP contribution in [0.25, 0.3) is 0 Å². The molecule has 0 saturated heterocycles. The van der Waals surface area contributed by atoms with Crippen molar-refractivity contribution in [3.63, 3.8) is 0 Å². The summed E-state index contributed by atoms with van der Waals surface area (Å²) in [5.41, 5.74) is 1.09. The fourth-order valence-electron chi connectivity index (χ4n) is 1.65. The van der Waals surface area contributed by atoms with Gasteiger partial charge in [-0.2, -0.15) is 0 Å². The van der Waals surface area contributed by atoms with E-state index < -0.39 is 0 Å². The maximum absolute atomic E-state index is 5.61. The second-order valence-electron chi connectivity index (χ2n) is 4.64. The Labute approximate surface area is 105 Å². The van der Waals surface area contributed by atoms with Gasteiger partial charge in [-0.05, 0) is 31.0 Å². The molecule has 0 bridgehead atoms. The lowest BCUT2D eigenvalue weighted by molar-refractivity contribution is 0.270. The molecule has 96 valence electrons. The molecule has 3 heteroatoms. The second-order valence-corrected chi connectivity index (χ2v) is 4.64. The monoisotopic (exact) mass is 236 g/mol. The molecule has 0 aromatic carbocycles. The Hall–Kier alpha value is -1.09.